The van der Waals surface area contributed by atoms with Crippen molar-refractivity contribution in [2.75, 3.05) is 23.7 Å². The van der Waals surface area contributed by atoms with Crippen molar-refractivity contribution in [3.05, 3.63) is 22.7 Å². The Balaban J connectivity index is 1.21. The fourth-order valence-electron chi connectivity index (χ4n) is 5.45. The van der Waals surface area contributed by atoms with Crippen LogP contribution in [0.15, 0.2) is 12.1 Å². The van der Waals surface area contributed by atoms with Gasteiger partial charge in [0.2, 0.25) is 5.95 Å². The fraction of sp³-hybridized carbons (Fsp3) is 0.545. The summed E-state index contributed by atoms with van der Waals surface area (Å²) in [4.78, 5) is 10.7. The molecular formula is C22H27N9O2S2. The lowest BCUT2D eigenvalue weighted by Gasteiger charge is -2.43. The molecule has 3 fully saturated rings. The quantitative estimate of drug-likeness (QED) is 0.457. The van der Waals surface area contributed by atoms with Crippen LogP contribution in [0.25, 0.3) is 10.2 Å². The van der Waals surface area contributed by atoms with Crippen molar-refractivity contribution in [3.8, 4) is 6.07 Å². The molecule has 13 heteroatoms. The Morgan fingerprint density at radius 3 is 2.57 bits per heavy atom. The van der Waals surface area contributed by atoms with Gasteiger partial charge in [0.15, 0.2) is 11.6 Å². The number of nitrogens with one attached hydrogen (secondary N) is 3. The number of nitriles is 1. The largest absolute Gasteiger partial charge is 0.351 e. The van der Waals surface area contributed by atoms with E-state index in [-0.39, 0.29) is 24.0 Å². The second-order valence-electron chi connectivity index (χ2n) is 9.71. The van der Waals surface area contributed by atoms with Crippen LogP contribution in [0.1, 0.15) is 36.3 Å². The third-order valence-corrected chi connectivity index (χ3v) is 10.2. The van der Waals surface area contributed by atoms with E-state index >= 15 is 0 Å². The summed E-state index contributed by atoms with van der Waals surface area (Å²) in [6, 6.07) is 6.12. The molecule has 11 nitrogen and oxygen atoms in total. The van der Waals surface area contributed by atoms with Crippen molar-refractivity contribution in [2.45, 2.75) is 57.7 Å². The van der Waals surface area contributed by atoms with Gasteiger partial charge in [0.1, 0.15) is 0 Å². The number of anilines is 3. The van der Waals surface area contributed by atoms with E-state index in [0.29, 0.717) is 43.5 Å². The molecule has 3 N–H and O–H groups in total. The summed E-state index contributed by atoms with van der Waals surface area (Å²) in [6.45, 7) is 4.60. The predicted molar refractivity (Wildman–Crippen MR) is 134 cm³/mol. The van der Waals surface area contributed by atoms with Gasteiger partial charge in [-0.05, 0) is 45.6 Å². The third-order valence-electron chi connectivity index (χ3n) is 7.07. The maximum absolute atomic E-state index is 13.2. The number of thiophene rings is 1. The number of rotatable bonds is 6. The highest BCUT2D eigenvalue weighted by Gasteiger charge is 2.51. The van der Waals surface area contributed by atoms with Gasteiger partial charge in [0.25, 0.3) is 10.2 Å². The van der Waals surface area contributed by atoms with Crippen molar-refractivity contribution >= 4 is 49.3 Å². The lowest BCUT2D eigenvalue weighted by atomic mass is 10.00. The molecule has 3 atom stereocenters. The zero-order valence-electron chi connectivity index (χ0n) is 19.5. The van der Waals surface area contributed by atoms with Gasteiger partial charge in [-0.15, -0.1) is 11.3 Å². The Kier molecular flexibility index (Phi) is 5.44. The minimum Gasteiger partial charge on any atom is -0.351 e. The van der Waals surface area contributed by atoms with E-state index in [1.165, 1.54) is 4.31 Å². The minimum absolute atomic E-state index is 0.0471. The first kappa shape index (κ1) is 22.7. The van der Waals surface area contributed by atoms with Gasteiger partial charge in [0.05, 0.1) is 22.2 Å². The third kappa shape index (κ3) is 4.04. The van der Waals surface area contributed by atoms with E-state index in [1.807, 2.05) is 26.0 Å². The Labute approximate surface area is 207 Å². The molecule has 0 spiro atoms. The van der Waals surface area contributed by atoms with Crippen LogP contribution in [0.2, 0.25) is 0 Å². The number of aromatic nitrogens is 4. The van der Waals surface area contributed by atoms with E-state index in [9.17, 15) is 8.42 Å². The van der Waals surface area contributed by atoms with Gasteiger partial charge >= 0.3 is 0 Å². The van der Waals surface area contributed by atoms with Crippen molar-refractivity contribution < 1.29 is 8.42 Å². The molecule has 0 aliphatic carbocycles. The molecule has 3 aromatic rings. The molecule has 0 amide bonds. The average molecular weight is 514 g/mol. The highest BCUT2D eigenvalue weighted by atomic mass is 32.2. The van der Waals surface area contributed by atoms with Crippen molar-refractivity contribution in [1.29, 1.82) is 5.26 Å². The first-order chi connectivity index (χ1) is 16.8. The van der Waals surface area contributed by atoms with Crippen LogP contribution in [0, 0.1) is 31.1 Å². The van der Waals surface area contributed by atoms with Crippen molar-refractivity contribution in [1.82, 2.24) is 28.8 Å². The molecular weight excluding hydrogens is 486 g/mol. The minimum atomic E-state index is -3.53. The Bertz CT molecular complexity index is 1410. The van der Waals surface area contributed by atoms with Crippen LogP contribution in [0.4, 0.5) is 17.6 Å². The molecule has 3 aliphatic heterocycles. The lowest BCUT2D eigenvalue weighted by Crippen LogP contribution is -2.59. The molecule has 2 bridgehead atoms. The first-order valence-electron chi connectivity index (χ1n) is 11.8. The molecule has 3 aromatic heterocycles. The second-order valence-corrected chi connectivity index (χ2v) is 12.8. The number of fused-ring (bicyclic) bond motifs is 3. The van der Waals surface area contributed by atoms with E-state index in [1.54, 1.807) is 15.6 Å². The number of aromatic amines is 1. The lowest BCUT2D eigenvalue weighted by molar-refractivity contribution is 0.182. The maximum Gasteiger partial charge on any atom is 0.282 e. The fourth-order valence-corrected chi connectivity index (χ4v) is 8.49. The van der Waals surface area contributed by atoms with E-state index < -0.39 is 10.2 Å². The van der Waals surface area contributed by atoms with Crippen LogP contribution >= 0.6 is 11.3 Å². The molecule has 1 unspecified atom stereocenters. The topological polar surface area (TPSA) is 143 Å². The monoisotopic (exact) mass is 513 g/mol. The molecule has 0 aromatic carbocycles. The molecule has 3 saturated heterocycles. The Morgan fingerprint density at radius 1 is 1.17 bits per heavy atom. The number of hydrogen-bond donors (Lipinski definition) is 3. The molecule has 6 rings (SSSR count). The van der Waals surface area contributed by atoms with E-state index in [2.05, 4.69) is 26.9 Å². The average Bonchev–Trinajstić information content (AvgIpc) is 3.42. The number of aryl methyl sites for hydroxylation is 2. The zero-order valence-corrected chi connectivity index (χ0v) is 21.2. The van der Waals surface area contributed by atoms with Gasteiger partial charge in [-0.2, -0.15) is 32.4 Å². The summed E-state index contributed by atoms with van der Waals surface area (Å²) in [7, 11) is -3.53. The van der Waals surface area contributed by atoms with Crippen molar-refractivity contribution in [2.24, 2.45) is 5.92 Å². The van der Waals surface area contributed by atoms with Gasteiger partial charge in [-0.25, -0.2) is 4.98 Å². The Morgan fingerprint density at radius 2 is 1.91 bits per heavy atom. The van der Waals surface area contributed by atoms with Crippen LogP contribution in [0.3, 0.4) is 0 Å². The van der Waals surface area contributed by atoms with Crippen LogP contribution < -0.4 is 10.6 Å². The molecule has 0 saturated carbocycles. The summed E-state index contributed by atoms with van der Waals surface area (Å²) >= 11 is 1.63. The number of hydrogen-bond acceptors (Lipinski definition) is 9. The van der Waals surface area contributed by atoms with E-state index in [0.717, 1.165) is 33.6 Å². The molecule has 0 radical (unpaired) electrons. The normalized spacial score (nSPS) is 25.5. The van der Waals surface area contributed by atoms with Crippen LogP contribution in [0.5, 0.6) is 0 Å². The predicted octanol–water partition coefficient (Wildman–Crippen LogP) is 2.88. The number of piperidine rings is 1. The summed E-state index contributed by atoms with van der Waals surface area (Å²) in [5.41, 5.74) is 1.82. The first-order valence-corrected chi connectivity index (χ1v) is 14.0. The summed E-state index contributed by atoms with van der Waals surface area (Å²) in [6.07, 6.45) is 3.12. The summed E-state index contributed by atoms with van der Waals surface area (Å²) in [5.74, 6) is 1.74. The number of nitrogens with zero attached hydrogens (tertiary/aromatic N) is 6. The zero-order chi connectivity index (χ0) is 24.3. The Hall–Kier alpha value is -2.79. The molecule has 184 valence electrons. The molecule has 6 heterocycles. The van der Waals surface area contributed by atoms with Gasteiger partial charge < -0.3 is 10.6 Å². The van der Waals surface area contributed by atoms with Crippen LogP contribution in [-0.2, 0) is 10.2 Å². The van der Waals surface area contributed by atoms with Gasteiger partial charge in [-0.3, -0.25) is 5.10 Å². The highest BCUT2D eigenvalue weighted by molar-refractivity contribution is 7.86. The summed E-state index contributed by atoms with van der Waals surface area (Å²) < 4.78 is 30.5. The summed E-state index contributed by atoms with van der Waals surface area (Å²) in [5, 5.41) is 23.0. The maximum atomic E-state index is 13.2. The smallest absolute Gasteiger partial charge is 0.282 e. The highest BCUT2D eigenvalue weighted by Crippen LogP contribution is 2.41. The molecule has 35 heavy (non-hydrogen) atoms. The molecule has 3 aliphatic rings. The van der Waals surface area contributed by atoms with E-state index in [4.69, 9.17) is 15.2 Å². The SMILES string of the molecule is Cc1cc(Nc2nc(NC3C[C@H]4CC[C@@H](C3)N4S(=O)(=O)N3CC(C#N)C3)nc3cc(C)sc23)n[nH]1. The van der Waals surface area contributed by atoms with Gasteiger partial charge in [-0.1, -0.05) is 0 Å². The standard InChI is InChI=1S/C22H27N9O2S2/c1-12-5-19(29-28-12)26-21-20-18(6-13(2)34-20)25-22(27-21)24-15-7-16-3-4-17(8-15)31(16)35(32,33)30-10-14(9-23)11-30/h5-6,14-17H,3-4,7-8,10-11H2,1-2H3,(H3,24,25,26,27,28,29)/t15?,16-,17+. The van der Waals surface area contributed by atoms with Gasteiger partial charge in [0, 0.05) is 47.9 Å². The van der Waals surface area contributed by atoms with Crippen LogP contribution in [-0.4, -0.2) is 68.4 Å². The van der Waals surface area contributed by atoms with Crippen molar-refractivity contribution in [3.63, 3.8) is 0 Å². The second kappa shape index (κ2) is 8.41. The number of H-pyrrole nitrogens is 1.